The van der Waals surface area contributed by atoms with Crippen LogP contribution in [0.25, 0.3) is 0 Å². The van der Waals surface area contributed by atoms with E-state index >= 15 is 0 Å². The van der Waals surface area contributed by atoms with Crippen molar-refractivity contribution in [3.8, 4) is 0 Å². The number of carbonyl (C=O) groups excluding carboxylic acids is 3. The van der Waals surface area contributed by atoms with Gasteiger partial charge < -0.3 is 18.9 Å². The second-order valence-corrected chi connectivity index (χ2v) is 15.3. The monoisotopic (exact) mass is 588 g/mol. The maximum absolute atomic E-state index is 13.7. The lowest BCUT2D eigenvalue weighted by Gasteiger charge is -2.61. The van der Waals surface area contributed by atoms with Gasteiger partial charge in [0.25, 0.3) is 0 Å². The van der Waals surface area contributed by atoms with Gasteiger partial charge in [0.2, 0.25) is 0 Å². The zero-order valence-electron chi connectivity index (χ0n) is 22.0. The van der Waals surface area contributed by atoms with Gasteiger partial charge in [-0.25, -0.2) is 0 Å². The van der Waals surface area contributed by atoms with Crippen LogP contribution >= 0.6 is 0 Å². The summed E-state index contributed by atoms with van der Waals surface area (Å²) in [5, 5.41) is -4.58. The molecule has 0 radical (unpaired) electrons. The van der Waals surface area contributed by atoms with Crippen LogP contribution in [0, 0.1) is 46.3 Å². The van der Waals surface area contributed by atoms with Crippen molar-refractivity contribution in [3.05, 3.63) is 0 Å². The number of hydrogen-bond acceptors (Lipinski definition) is 9. The second kappa shape index (κ2) is 8.67. The number of esters is 2. The lowest BCUT2D eigenvalue weighted by Crippen LogP contribution is -2.64. The van der Waals surface area contributed by atoms with Crippen LogP contribution in [0.15, 0.2) is 0 Å². The van der Waals surface area contributed by atoms with Crippen LogP contribution in [-0.4, -0.2) is 67.7 Å². The van der Waals surface area contributed by atoms with Crippen LogP contribution in [-0.2, 0) is 43.4 Å². The van der Waals surface area contributed by atoms with E-state index in [-0.39, 0.29) is 48.8 Å². The maximum atomic E-state index is 13.7. The Hall–Kier alpha value is -1.70. The van der Waals surface area contributed by atoms with Crippen molar-refractivity contribution in [1.29, 1.82) is 0 Å². The van der Waals surface area contributed by atoms with Crippen LogP contribution < -0.4 is 0 Å². The third-order valence-electron chi connectivity index (χ3n) is 11.2. The van der Waals surface area contributed by atoms with Crippen molar-refractivity contribution in [2.24, 2.45) is 46.3 Å². The zero-order valence-corrected chi connectivity index (χ0v) is 22.8. The van der Waals surface area contributed by atoms with E-state index < -0.39 is 50.7 Å². The topological polar surface area (TPSA) is 142 Å². The molecule has 1 spiro atoms. The fraction of sp³-hybridized carbons (Fsp3) is 0.889. The maximum Gasteiger partial charge on any atom is 0.402 e. The van der Waals surface area contributed by atoms with Crippen LogP contribution in [0.1, 0.15) is 64.2 Å². The molecule has 1 heterocycles. The van der Waals surface area contributed by atoms with Gasteiger partial charge in [-0.05, 0) is 76.0 Å². The molecule has 8 saturated carbocycles. The van der Waals surface area contributed by atoms with Gasteiger partial charge in [0, 0.05) is 23.7 Å². The number of ether oxygens (including phenoxy) is 4. The minimum Gasteiger partial charge on any atom is -0.462 e. The van der Waals surface area contributed by atoms with Gasteiger partial charge in [0.1, 0.15) is 18.5 Å². The predicted octanol–water partition coefficient (Wildman–Crippen LogP) is 2.89. The molecule has 9 fully saturated rings. The zero-order chi connectivity index (χ0) is 28.3. The molecular formula is C27H34F2O10S. The average Bonchev–Trinajstić information content (AvgIpc) is 3.31. The number of hydrogen-bond donors (Lipinski definition) is 1. The summed E-state index contributed by atoms with van der Waals surface area (Å²) >= 11 is 0. The van der Waals surface area contributed by atoms with E-state index in [2.05, 4.69) is 0 Å². The van der Waals surface area contributed by atoms with Crippen LogP contribution in [0.3, 0.4) is 0 Å². The molecule has 0 aromatic heterocycles. The van der Waals surface area contributed by atoms with Gasteiger partial charge in [-0.15, -0.1) is 0 Å². The molecule has 8 aliphatic carbocycles. The third kappa shape index (κ3) is 3.93. The van der Waals surface area contributed by atoms with E-state index in [0.29, 0.717) is 43.8 Å². The molecule has 1 saturated heterocycles. The van der Waals surface area contributed by atoms with Crippen molar-refractivity contribution in [2.75, 3.05) is 19.8 Å². The second-order valence-electron chi connectivity index (χ2n) is 13.7. The SMILES string of the molecule is O=C1C2CC3CC1CC(C(=O)OCC1COC4(O1)C1CC5CC4CC(C(=O)OCC(F)(F)S(=O)(=O)O)(C5)C1)(C3)C2. The number of Topliss-reactive ketones (excluding diaryl/α,β-unsaturated/α-hetero) is 1. The number of rotatable bonds is 7. The van der Waals surface area contributed by atoms with Crippen molar-refractivity contribution in [1.82, 2.24) is 0 Å². The summed E-state index contributed by atoms with van der Waals surface area (Å²) in [7, 11) is -5.71. The van der Waals surface area contributed by atoms with Crippen molar-refractivity contribution >= 4 is 27.8 Å². The van der Waals surface area contributed by atoms with E-state index in [4.69, 9.17) is 23.5 Å². The normalized spacial score (nSPS) is 46.8. The van der Waals surface area contributed by atoms with Crippen molar-refractivity contribution < 1.29 is 55.1 Å². The smallest absolute Gasteiger partial charge is 0.402 e. The van der Waals surface area contributed by atoms with Crippen LogP contribution in [0.2, 0.25) is 0 Å². The third-order valence-corrected chi connectivity index (χ3v) is 12.1. The molecule has 0 aromatic carbocycles. The van der Waals surface area contributed by atoms with E-state index in [0.717, 1.165) is 32.1 Å². The average molecular weight is 589 g/mol. The lowest BCUT2D eigenvalue weighted by molar-refractivity contribution is -0.308. The van der Waals surface area contributed by atoms with Crippen molar-refractivity contribution in [3.63, 3.8) is 0 Å². The van der Waals surface area contributed by atoms with Crippen LogP contribution in [0.5, 0.6) is 0 Å². The Bertz CT molecular complexity index is 1220. The highest BCUT2D eigenvalue weighted by molar-refractivity contribution is 7.86. The van der Waals surface area contributed by atoms with Gasteiger partial charge in [-0.1, -0.05) is 0 Å². The molecule has 5 unspecified atom stereocenters. The number of alkyl halides is 2. The summed E-state index contributed by atoms with van der Waals surface area (Å²) in [6.07, 6.45) is 5.73. The van der Waals surface area contributed by atoms with E-state index in [1.165, 1.54) is 0 Å². The van der Waals surface area contributed by atoms with Gasteiger partial charge in [0.05, 0.1) is 17.4 Å². The Kier molecular flexibility index (Phi) is 5.88. The highest BCUT2D eigenvalue weighted by Crippen LogP contribution is 2.66. The largest absolute Gasteiger partial charge is 0.462 e. The number of carbonyl (C=O) groups is 3. The van der Waals surface area contributed by atoms with E-state index in [1.807, 2.05) is 0 Å². The Labute approximate surface area is 230 Å². The minimum atomic E-state index is -5.71. The highest BCUT2D eigenvalue weighted by atomic mass is 32.2. The summed E-state index contributed by atoms with van der Waals surface area (Å²) in [6.45, 7) is -1.48. The van der Waals surface area contributed by atoms with Gasteiger partial charge >= 0.3 is 27.3 Å². The Morgan fingerprint density at radius 3 is 2.05 bits per heavy atom. The first kappa shape index (κ1) is 27.2. The fourth-order valence-corrected chi connectivity index (χ4v) is 10.1. The first-order valence-corrected chi connectivity index (χ1v) is 15.7. The first-order valence-electron chi connectivity index (χ1n) is 14.3. The molecule has 1 N–H and O–H groups in total. The number of ketones is 1. The highest BCUT2D eigenvalue weighted by Gasteiger charge is 2.69. The van der Waals surface area contributed by atoms with E-state index in [1.54, 1.807) is 0 Å². The molecule has 0 amide bonds. The Balaban J connectivity index is 0.987. The molecule has 1 aliphatic heterocycles. The summed E-state index contributed by atoms with van der Waals surface area (Å²) in [5.41, 5.74) is -1.62. The molecule has 8 bridgehead atoms. The molecule has 0 aromatic rings. The van der Waals surface area contributed by atoms with Gasteiger partial charge in [-0.3, -0.25) is 18.9 Å². The standard InChI is InChI=1S/C27H34F2O10S/c28-26(29,40(33,34)35)13-37-23(32)25-6-15-3-18(9-25)27(19(4-15)10-25)38-12-20(39-27)11-36-22(31)24-5-14-1-16(7-24)21(30)17(2-14)8-24/h14-20H,1-13H2,(H,33,34,35). The van der Waals surface area contributed by atoms with Crippen molar-refractivity contribution in [2.45, 2.75) is 81.4 Å². The molecule has 9 rings (SSSR count). The minimum absolute atomic E-state index is 0.0283. The first-order chi connectivity index (χ1) is 18.7. The molecule has 13 heteroatoms. The molecule has 5 atom stereocenters. The van der Waals surface area contributed by atoms with E-state index in [9.17, 15) is 31.6 Å². The number of halogens is 2. The Morgan fingerprint density at radius 1 is 0.900 bits per heavy atom. The van der Waals surface area contributed by atoms with Gasteiger partial charge in [0.15, 0.2) is 12.4 Å². The molecule has 9 aliphatic rings. The summed E-state index contributed by atoms with van der Waals surface area (Å²) < 4.78 is 81.3. The Morgan fingerprint density at radius 2 is 1.45 bits per heavy atom. The summed E-state index contributed by atoms with van der Waals surface area (Å²) in [5.74, 6) is -1.66. The molecule has 40 heavy (non-hydrogen) atoms. The fourth-order valence-electron chi connectivity index (χ4n) is 9.93. The van der Waals surface area contributed by atoms with Crippen LogP contribution in [0.4, 0.5) is 8.78 Å². The molecular weight excluding hydrogens is 554 g/mol. The quantitative estimate of drug-likeness (QED) is 0.348. The summed E-state index contributed by atoms with van der Waals surface area (Å²) in [6, 6.07) is 0. The molecule has 222 valence electrons. The lowest BCUT2D eigenvalue weighted by atomic mass is 9.47. The predicted molar refractivity (Wildman–Crippen MR) is 129 cm³/mol. The molecule has 10 nitrogen and oxygen atoms in total. The summed E-state index contributed by atoms with van der Waals surface area (Å²) in [4.78, 5) is 38.8. The van der Waals surface area contributed by atoms with Gasteiger partial charge in [-0.2, -0.15) is 17.2 Å².